The minimum absolute atomic E-state index is 0.107. The molecule has 0 aromatic heterocycles. The van der Waals surface area contributed by atoms with Crippen molar-refractivity contribution in [1.29, 1.82) is 5.26 Å². The molecule has 0 spiro atoms. The van der Waals surface area contributed by atoms with Gasteiger partial charge in [-0.05, 0) is 65.7 Å². The average molecular weight is 481 g/mol. The van der Waals surface area contributed by atoms with Gasteiger partial charge >= 0.3 is 5.97 Å². The van der Waals surface area contributed by atoms with Crippen LogP contribution in [0.15, 0.2) is 60.7 Å². The number of hydrogen-bond acceptors (Lipinski definition) is 5. The molecule has 0 heterocycles. The highest BCUT2D eigenvalue weighted by molar-refractivity contribution is 6.32. The van der Waals surface area contributed by atoms with Crippen LogP contribution in [0.1, 0.15) is 21.5 Å². The molecule has 9 heteroatoms. The Morgan fingerprint density at radius 2 is 1.76 bits per heavy atom. The third-order valence-electron chi connectivity index (χ3n) is 4.60. The summed E-state index contributed by atoms with van der Waals surface area (Å²) in [5.74, 6) is -1.58. The van der Waals surface area contributed by atoms with Crippen LogP contribution in [0.5, 0.6) is 11.5 Å². The number of carbonyl (C=O) groups is 2. The minimum atomic E-state index is -1.06. The van der Waals surface area contributed by atoms with E-state index in [0.717, 1.165) is 0 Å². The predicted molar refractivity (Wildman–Crippen MR) is 125 cm³/mol. The monoisotopic (exact) mass is 480 g/mol. The van der Waals surface area contributed by atoms with E-state index in [1.807, 2.05) is 0 Å². The van der Waals surface area contributed by atoms with Gasteiger partial charge in [-0.3, -0.25) is 4.79 Å². The van der Waals surface area contributed by atoms with Gasteiger partial charge in [-0.25, -0.2) is 9.18 Å². The number of rotatable bonds is 8. The van der Waals surface area contributed by atoms with Gasteiger partial charge in [0.1, 0.15) is 5.82 Å². The second kappa shape index (κ2) is 11.0. The number of hydrogen-bond donors (Lipinski definition) is 2. The number of amides is 1. The zero-order valence-corrected chi connectivity index (χ0v) is 18.6. The fourth-order valence-electron chi connectivity index (χ4n) is 2.97. The third-order valence-corrected chi connectivity index (χ3v) is 4.88. The van der Waals surface area contributed by atoms with Crippen molar-refractivity contribution in [3.8, 4) is 17.6 Å². The number of benzene rings is 3. The first kappa shape index (κ1) is 24.3. The summed E-state index contributed by atoms with van der Waals surface area (Å²) in [7, 11) is 1.40. The Bertz CT molecular complexity index is 1280. The van der Waals surface area contributed by atoms with Gasteiger partial charge in [-0.2, -0.15) is 5.26 Å². The van der Waals surface area contributed by atoms with Crippen LogP contribution in [0.3, 0.4) is 0 Å². The number of anilines is 1. The Kier molecular flexibility index (Phi) is 7.85. The van der Waals surface area contributed by atoms with Crippen molar-refractivity contribution < 1.29 is 28.6 Å². The molecular formula is C25H18ClFN2O5. The molecule has 3 aromatic carbocycles. The van der Waals surface area contributed by atoms with Crippen LogP contribution in [0.4, 0.5) is 10.1 Å². The van der Waals surface area contributed by atoms with Gasteiger partial charge < -0.3 is 19.9 Å². The SMILES string of the molecule is COc1cc(/C=C(/C#N)c2ccc(C(=O)O)cc2)cc(Cl)c1OCC(=O)Nc1ccc(F)cc1. The van der Waals surface area contributed by atoms with Crippen molar-refractivity contribution >= 4 is 40.8 Å². The van der Waals surface area contributed by atoms with Crippen molar-refractivity contribution in [1.82, 2.24) is 0 Å². The zero-order valence-electron chi connectivity index (χ0n) is 17.8. The number of halogens is 2. The Hall–Kier alpha value is -4.35. The van der Waals surface area contributed by atoms with E-state index in [1.54, 1.807) is 18.2 Å². The van der Waals surface area contributed by atoms with Crippen molar-refractivity contribution in [2.24, 2.45) is 0 Å². The number of aromatic carboxylic acids is 1. The van der Waals surface area contributed by atoms with Crippen LogP contribution in [0.25, 0.3) is 11.6 Å². The quantitative estimate of drug-likeness (QED) is 0.336. The molecule has 0 saturated carbocycles. The van der Waals surface area contributed by atoms with Crippen LogP contribution in [0.2, 0.25) is 5.02 Å². The molecule has 0 saturated heterocycles. The maximum Gasteiger partial charge on any atom is 0.335 e. The first-order valence-corrected chi connectivity index (χ1v) is 10.2. The summed E-state index contributed by atoms with van der Waals surface area (Å²) in [5.41, 5.74) is 1.86. The molecule has 34 heavy (non-hydrogen) atoms. The van der Waals surface area contributed by atoms with Crippen molar-refractivity contribution in [3.05, 3.63) is 88.2 Å². The van der Waals surface area contributed by atoms with Gasteiger partial charge in [0.15, 0.2) is 18.1 Å². The number of nitrogens with zero attached hydrogens (tertiary/aromatic N) is 1. The van der Waals surface area contributed by atoms with Gasteiger partial charge in [-0.15, -0.1) is 0 Å². The fraction of sp³-hybridized carbons (Fsp3) is 0.0800. The Morgan fingerprint density at radius 3 is 2.35 bits per heavy atom. The smallest absolute Gasteiger partial charge is 0.335 e. The first-order chi connectivity index (χ1) is 16.3. The maximum absolute atomic E-state index is 13.0. The predicted octanol–water partition coefficient (Wildman–Crippen LogP) is 5.27. The lowest BCUT2D eigenvalue weighted by Gasteiger charge is -2.13. The number of methoxy groups -OCH3 is 1. The van der Waals surface area contributed by atoms with E-state index in [9.17, 15) is 19.2 Å². The summed E-state index contributed by atoms with van der Waals surface area (Å²) in [6.45, 7) is -0.373. The highest BCUT2D eigenvalue weighted by atomic mass is 35.5. The lowest BCUT2D eigenvalue weighted by molar-refractivity contribution is -0.118. The van der Waals surface area contributed by atoms with Crippen molar-refractivity contribution in [3.63, 3.8) is 0 Å². The summed E-state index contributed by atoms with van der Waals surface area (Å²) >= 11 is 6.35. The van der Waals surface area contributed by atoms with Gasteiger partial charge in [-0.1, -0.05) is 23.7 Å². The third kappa shape index (κ3) is 6.12. The van der Waals surface area contributed by atoms with E-state index in [-0.39, 0.29) is 34.3 Å². The van der Waals surface area contributed by atoms with Crippen LogP contribution >= 0.6 is 11.6 Å². The Labute approximate surface area is 199 Å². The second-order valence-electron chi connectivity index (χ2n) is 6.93. The molecule has 172 valence electrons. The zero-order chi connectivity index (χ0) is 24.7. The number of ether oxygens (including phenoxy) is 2. The molecule has 1 amide bonds. The first-order valence-electron chi connectivity index (χ1n) is 9.82. The van der Waals surface area contributed by atoms with Crippen LogP contribution < -0.4 is 14.8 Å². The molecule has 0 aliphatic carbocycles. The van der Waals surface area contributed by atoms with E-state index >= 15 is 0 Å². The van der Waals surface area contributed by atoms with Crippen molar-refractivity contribution in [2.45, 2.75) is 0 Å². The molecule has 0 fully saturated rings. The van der Waals surface area contributed by atoms with Crippen LogP contribution in [-0.2, 0) is 4.79 Å². The number of allylic oxidation sites excluding steroid dienone is 1. The van der Waals surface area contributed by atoms with E-state index in [0.29, 0.717) is 16.8 Å². The number of carboxylic acids is 1. The summed E-state index contributed by atoms with van der Waals surface area (Å²) in [4.78, 5) is 23.2. The molecule has 0 aliphatic heterocycles. The topological polar surface area (TPSA) is 109 Å². The van der Waals surface area contributed by atoms with Gasteiger partial charge in [0.2, 0.25) is 0 Å². The van der Waals surface area contributed by atoms with Gasteiger partial charge in [0.25, 0.3) is 5.91 Å². The molecule has 0 aliphatic rings. The molecule has 0 atom stereocenters. The lowest BCUT2D eigenvalue weighted by atomic mass is 10.0. The number of carbonyl (C=O) groups excluding carboxylic acids is 1. The van der Waals surface area contributed by atoms with Gasteiger partial charge in [0, 0.05) is 5.69 Å². The average Bonchev–Trinajstić information content (AvgIpc) is 2.83. The molecule has 3 aromatic rings. The second-order valence-corrected chi connectivity index (χ2v) is 7.34. The molecule has 0 radical (unpaired) electrons. The Balaban J connectivity index is 1.78. The fourth-order valence-corrected chi connectivity index (χ4v) is 3.24. The van der Waals surface area contributed by atoms with Gasteiger partial charge in [0.05, 0.1) is 29.3 Å². The Morgan fingerprint density at radius 1 is 1.12 bits per heavy atom. The highest BCUT2D eigenvalue weighted by Crippen LogP contribution is 2.37. The minimum Gasteiger partial charge on any atom is -0.493 e. The summed E-state index contributed by atoms with van der Waals surface area (Å²) in [6, 6.07) is 16.4. The summed E-state index contributed by atoms with van der Waals surface area (Å²) < 4.78 is 23.9. The van der Waals surface area contributed by atoms with E-state index in [2.05, 4.69) is 11.4 Å². The molecular weight excluding hydrogens is 463 g/mol. The molecule has 0 unspecified atom stereocenters. The van der Waals surface area contributed by atoms with Crippen LogP contribution in [-0.4, -0.2) is 30.7 Å². The number of carboxylic acid groups (broad SMARTS) is 1. The maximum atomic E-state index is 13.0. The number of nitriles is 1. The molecule has 2 N–H and O–H groups in total. The largest absolute Gasteiger partial charge is 0.493 e. The number of nitrogens with one attached hydrogen (secondary N) is 1. The highest BCUT2D eigenvalue weighted by Gasteiger charge is 2.14. The molecule has 0 bridgehead atoms. The van der Waals surface area contributed by atoms with E-state index < -0.39 is 17.7 Å². The molecule has 7 nitrogen and oxygen atoms in total. The summed E-state index contributed by atoms with van der Waals surface area (Å²) in [5, 5.41) is 21.3. The normalized spacial score (nSPS) is 10.8. The van der Waals surface area contributed by atoms with Crippen molar-refractivity contribution in [2.75, 3.05) is 19.0 Å². The summed E-state index contributed by atoms with van der Waals surface area (Å²) in [6.07, 6.45) is 1.56. The molecule has 3 rings (SSSR count). The standard InChI is InChI=1S/C25H18ClFN2O5/c1-33-22-12-15(10-18(13-28)16-2-4-17(5-3-16)25(31)32)11-21(26)24(22)34-14-23(30)29-20-8-6-19(27)7-9-20/h2-12H,14H2,1H3,(H,29,30)(H,31,32)/b18-10-. The van der Waals surface area contributed by atoms with Crippen LogP contribution in [0, 0.1) is 17.1 Å². The van der Waals surface area contributed by atoms with E-state index in [1.165, 1.54) is 55.6 Å². The van der Waals surface area contributed by atoms with E-state index in [4.69, 9.17) is 26.2 Å². The lowest BCUT2D eigenvalue weighted by Crippen LogP contribution is -2.20.